The van der Waals surface area contributed by atoms with Crippen LogP contribution in [-0.4, -0.2) is 170 Å². The van der Waals surface area contributed by atoms with E-state index in [0.29, 0.717) is 73.9 Å². The molecule has 6 N–H and O–H groups in total. The first-order valence-electron chi connectivity index (χ1n) is 27.7. The highest BCUT2D eigenvalue weighted by Crippen LogP contribution is 2.38. The normalized spacial score (nSPS) is 19.9. The van der Waals surface area contributed by atoms with Crippen LogP contribution in [0, 0.1) is 19.8 Å². The number of carbonyl (C=O) groups is 5. The third kappa shape index (κ3) is 12.4. The number of hydrogen-bond acceptors (Lipinski definition) is 16. The van der Waals surface area contributed by atoms with Gasteiger partial charge in [0.05, 0.1) is 28.7 Å². The zero-order valence-electron chi connectivity index (χ0n) is 46.6. The summed E-state index contributed by atoms with van der Waals surface area (Å²) in [6.45, 7) is 13.5. The van der Waals surface area contributed by atoms with Crippen molar-refractivity contribution in [3.8, 4) is 5.75 Å². The molecule has 23 nitrogen and oxygen atoms in total. The standard InChI is InChI=1S/C56H74N14O9S/c1-33-34(2)65-66-49(33)64-50-40-27-46(80(77,78)56(4,5)6)45(28-42(40)59-32-60-50)79-25-24-68-20-22-69(23-21-68)47-30-57-43(29-58-47)52(72)61-38-26-44(53(73)62-41-19-13-17-36-14-11-12-18-39(36)41)70(31-38)54(74)48(37-15-9-8-10-16-37)63-51(71)35(3)67(7)55(75)76/h11-12,14,18,27-30,32,35,37-38,41,44,48H,8-10,13,15-17,19-26,31H2,1-7H3,(H,61,72)(H,62,73)(H,63,71)(H,75,76)(H2,59,60,64,65,66)/t35?,38-,41+,44-,48-/m0/s1. The lowest BCUT2D eigenvalue weighted by molar-refractivity contribution is -0.143. The van der Waals surface area contributed by atoms with E-state index in [2.05, 4.69) is 67.3 Å². The molecule has 0 spiro atoms. The Balaban J connectivity index is 0.838. The Morgan fingerprint density at radius 3 is 2.35 bits per heavy atom. The van der Waals surface area contributed by atoms with Gasteiger partial charge in [-0.1, -0.05) is 43.5 Å². The van der Waals surface area contributed by atoms with Crippen molar-refractivity contribution in [2.75, 3.05) is 63.1 Å². The smallest absolute Gasteiger partial charge is 0.407 e. The number of hydrogen-bond donors (Lipinski definition) is 6. The van der Waals surface area contributed by atoms with Gasteiger partial charge in [-0.25, -0.2) is 33.1 Å². The molecule has 3 aromatic heterocycles. The minimum Gasteiger partial charge on any atom is -0.491 e. The van der Waals surface area contributed by atoms with E-state index in [1.54, 1.807) is 39.1 Å². The van der Waals surface area contributed by atoms with E-state index in [-0.39, 0.29) is 53.8 Å². The van der Waals surface area contributed by atoms with Crippen molar-refractivity contribution in [2.45, 2.75) is 139 Å². The maximum Gasteiger partial charge on any atom is 0.407 e. The topological polar surface area (TPSA) is 290 Å². The molecule has 24 heteroatoms. The molecule has 2 aromatic carbocycles. The summed E-state index contributed by atoms with van der Waals surface area (Å²) in [6, 6.07) is 7.23. The second kappa shape index (κ2) is 24.1. The number of nitrogens with zero attached hydrogens (tertiary/aromatic N) is 9. The summed E-state index contributed by atoms with van der Waals surface area (Å²) in [5.41, 5.74) is 4.55. The Morgan fingerprint density at radius 2 is 1.66 bits per heavy atom. The van der Waals surface area contributed by atoms with E-state index in [1.807, 2.05) is 32.0 Å². The van der Waals surface area contributed by atoms with Crippen molar-refractivity contribution < 1.29 is 42.2 Å². The lowest BCUT2D eigenvalue weighted by Gasteiger charge is -2.36. The van der Waals surface area contributed by atoms with Gasteiger partial charge in [-0.05, 0) is 103 Å². The molecule has 1 unspecified atom stereocenters. The zero-order chi connectivity index (χ0) is 57.0. The number of likely N-dealkylation sites (tertiary alicyclic amines) is 1. The molecule has 4 aliphatic rings. The van der Waals surface area contributed by atoms with Crippen LogP contribution in [0.15, 0.2) is 60.0 Å². The summed E-state index contributed by atoms with van der Waals surface area (Å²) >= 11 is 0. The van der Waals surface area contributed by atoms with Gasteiger partial charge in [-0.15, -0.1) is 0 Å². The van der Waals surface area contributed by atoms with Crippen LogP contribution in [0.3, 0.4) is 0 Å². The van der Waals surface area contributed by atoms with Gasteiger partial charge in [0.25, 0.3) is 5.91 Å². The van der Waals surface area contributed by atoms with Crippen LogP contribution in [0.4, 0.5) is 22.2 Å². The summed E-state index contributed by atoms with van der Waals surface area (Å²) < 4.78 is 33.3. The number of benzene rings is 2. The molecule has 2 saturated heterocycles. The molecule has 5 amide bonds. The fourth-order valence-corrected chi connectivity index (χ4v) is 12.4. The molecule has 2 aliphatic heterocycles. The molecule has 5 atom stereocenters. The van der Waals surface area contributed by atoms with Gasteiger partial charge in [0, 0.05) is 75.1 Å². The van der Waals surface area contributed by atoms with Gasteiger partial charge in [0.15, 0.2) is 15.7 Å². The second-order valence-electron chi connectivity index (χ2n) is 22.6. The van der Waals surface area contributed by atoms with Crippen LogP contribution in [0.2, 0.25) is 0 Å². The van der Waals surface area contributed by atoms with Crippen LogP contribution in [0.5, 0.6) is 5.75 Å². The monoisotopic (exact) mass is 1120 g/mol. The molecule has 0 bridgehead atoms. The van der Waals surface area contributed by atoms with Crippen molar-refractivity contribution in [3.63, 3.8) is 0 Å². The van der Waals surface area contributed by atoms with E-state index in [1.165, 1.54) is 31.4 Å². The highest BCUT2D eigenvalue weighted by molar-refractivity contribution is 7.92. The molecule has 0 radical (unpaired) electrons. The third-order valence-electron chi connectivity index (χ3n) is 16.4. The lowest BCUT2D eigenvalue weighted by atomic mass is 9.83. The summed E-state index contributed by atoms with van der Waals surface area (Å²) in [6.07, 6.45) is 9.77. The van der Waals surface area contributed by atoms with Gasteiger partial charge in [-0.3, -0.25) is 34.1 Å². The molecule has 5 heterocycles. The Kier molecular flexibility index (Phi) is 17.2. The first kappa shape index (κ1) is 57.2. The summed E-state index contributed by atoms with van der Waals surface area (Å²) in [5, 5.41) is 29.8. The maximum atomic E-state index is 14.9. The van der Waals surface area contributed by atoms with E-state index in [9.17, 15) is 37.5 Å². The number of amides is 5. The number of aryl methyl sites for hydroxylation is 2. The minimum absolute atomic E-state index is 0.00587. The number of carbonyl (C=O) groups excluding carboxylic acids is 4. The Morgan fingerprint density at radius 1 is 0.912 bits per heavy atom. The van der Waals surface area contributed by atoms with Crippen LogP contribution in [0.1, 0.15) is 118 Å². The zero-order valence-corrected chi connectivity index (χ0v) is 47.4. The third-order valence-corrected chi connectivity index (χ3v) is 18.9. The predicted octanol–water partition coefficient (Wildman–Crippen LogP) is 5.23. The number of nitrogens with one attached hydrogen (secondary N) is 5. The number of H-pyrrole nitrogens is 1. The number of likely N-dealkylation sites (N-methyl/N-ethyl adjacent to an activating group) is 1. The number of anilines is 3. The van der Waals surface area contributed by atoms with Crippen LogP contribution in [0.25, 0.3) is 10.9 Å². The van der Waals surface area contributed by atoms with E-state index < -0.39 is 62.6 Å². The summed E-state index contributed by atoms with van der Waals surface area (Å²) in [4.78, 5) is 93.5. The average Bonchev–Trinajstić information content (AvgIpc) is 4.06. The minimum atomic E-state index is -3.88. The summed E-state index contributed by atoms with van der Waals surface area (Å²) in [7, 11) is -2.58. The van der Waals surface area contributed by atoms with Crippen molar-refractivity contribution >= 4 is 67.9 Å². The molecule has 428 valence electrons. The Hall–Kier alpha value is -7.47. The number of carboxylic acid groups (broad SMARTS) is 1. The Bertz CT molecular complexity index is 3210. The number of rotatable bonds is 17. The number of fused-ring (bicyclic) bond motifs is 2. The highest BCUT2D eigenvalue weighted by atomic mass is 32.2. The largest absolute Gasteiger partial charge is 0.491 e. The SMILES string of the molecule is Cc1[nH]nc(Nc2ncnc3cc(OCCN4CCN(c5cnc(C(=O)N[C@H]6C[C@@H](C(=O)N[C@@H]7CCCc8ccccc87)N(C(=O)[C@@H](NC(=O)C(C)N(C)C(=O)O)C7CCCCC7)C6)cn5)CC4)c(S(=O)(=O)C(C)(C)C)cc23)c1C. The highest BCUT2D eigenvalue weighted by Gasteiger charge is 2.46. The van der Waals surface area contributed by atoms with Crippen LogP contribution < -0.4 is 30.9 Å². The maximum absolute atomic E-state index is 14.9. The molecule has 3 fully saturated rings. The fraction of sp³-hybridized carbons (Fsp3) is 0.536. The molecule has 2 aliphatic carbocycles. The van der Waals surface area contributed by atoms with Gasteiger partial charge in [-0.2, -0.15) is 5.10 Å². The number of aromatic nitrogens is 6. The van der Waals surface area contributed by atoms with E-state index >= 15 is 0 Å². The Labute approximate surface area is 466 Å². The van der Waals surface area contributed by atoms with Gasteiger partial charge in [0.1, 0.15) is 59.0 Å². The van der Waals surface area contributed by atoms with Crippen molar-refractivity contribution in [3.05, 3.63) is 83.2 Å². The van der Waals surface area contributed by atoms with Gasteiger partial charge >= 0.3 is 6.09 Å². The van der Waals surface area contributed by atoms with Crippen LogP contribution >= 0.6 is 0 Å². The van der Waals surface area contributed by atoms with Crippen molar-refractivity contribution in [1.29, 1.82) is 0 Å². The van der Waals surface area contributed by atoms with Crippen LogP contribution in [-0.2, 0) is 30.6 Å². The lowest BCUT2D eigenvalue weighted by Crippen LogP contribution is -2.59. The van der Waals surface area contributed by atoms with Gasteiger partial charge in [0.2, 0.25) is 17.7 Å². The molecular weight excluding hydrogens is 1040 g/mol. The van der Waals surface area contributed by atoms with Crippen molar-refractivity contribution in [1.82, 2.24) is 60.8 Å². The molecule has 80 heavy (non-hydrogen) atoms. The van der Waals surface area contributed by atoms with Gasteiger partial charge < -0.3 is 40.9 Å². The first-order valence-corrected chi connectivity index (χ1v) is 29.2. The number of sulfone groups is 1. The number of aromatic amines is 1. The number of piperazine rings is 1. The second-order valence-corrected chi connectivity index (χ2v) is 25.2. The van der Waals surface area contributed by atoms with E-state index in [4.69, 9.17) is 4.74 Å². The molecule has 1 saturated carbocycles. The summed E-state index contributed by atoms with van der Waals surface area (Å²) in [5.74, 6) is -0.407. The van der Waals surface area contributed by atoms with Crippen molar-refractivity contribution in [2.24, 2.45) is 5.92 Å². The molecule has 9 rings (SSSR count). The molecule has 5 aromatic rings. The predicted molar refractivity (Wildman–Crippen MR) is 299 cm³/mol. The quantitative estimate of drug-likeness (QED) is 0.0695. The molecular formula is C56H74N14O9S. The number of ether oxygens (including phenoxy) is 1. The fourth-order valence-electron chi connectivity index (χ4n) is 11.1. The van der Waals surface area contributed by atoms with E-state index in [0.717, 1.165) is 65.8 Å². The average molecular weight is 1120 g/mol. The first-order chi connectivity index (χ1) is 38.2.